The molecule has 3 rings (SSSR count). The first-order valence-corrected chi connectivity index (χ1v) is 12.1. The second kappa shape index (κ2) is 9.38. The monoisotopic (exact) mass is 436 g/mol. The van der Waals surface area contributed by atoms with Gasteiger partial charge in [-0.05, 0) is 36.1 Å². The third-order valence-corrected chi connectivity index (χ3v) is 8.47. The van der Waals surface area contributed by atoms with E-state index in [-0.39, 0.29) is 22.6 Å². The Bertz CT molecular complexity index is 930. The van der Waals surface area contributed by atoms with Gasteiger partial charge in [-0.3, -0.25) is 4.79 Å². The third-order valence-electron chi connectivity index (χ3n) is 5.02. The Morgan fingerprint density at radius 3 is 2.31 bits per heavy atom. The number of hydrogen-bond donors (Lipinski definition) is 1. The number of rotatable bonds is 7. The van der Waals surface area contributed by atoms with E-state index in [2.05, 4.69) is 31.3 Å². The van der Waals surface area contributed by atoms with Crippen LogP contribution >= 0.6 is 11.3 Å². The molecule has 0 unspecified atom stereocenters. The van der Waals surface area contributed by atoms with Crippen molar-refractivity contribution in [3.8, 4) is 0 Å². The zero-order valence-corrected chi connectivity index (χ0v) is 18.7. The molecule has 1 aliphatic rings. The summed E-state index contributed by atoms with van der Waals surface area (Å²) in [6.07, 6.45) is 0.164. The van der Waals surface area contributed by atoms with Crippen molar-refractivity contribution < 1.29 is 17.9 Å². The van der Waals surface area contributed by atoms with Crippen molar-refractivity contribution in [2.75, 3.05) is 26.3 Å². The molecule has 6 nitrogen and oxygen atoms in total. The second-order valence-electron chi connectivity index (χ2n) is 7.52. The van der Waals surface area contributed by atoms with Crippen LogP contribution in [0.5, 0.6) is 0 Å². The fourth-order valence-corrected chi connectivity index (χ4v) is 6.13. The van der Waals surface area contributed by atoms with Gasteiger partial charge in [0.05, 0.1) is 25.7 Å². The summed E-state index contributed by atoms with van der Waals surface area (Å²) in [6.45, 7) is 7.80. The molecule has 158 valence electrons. The van der Waals surface area contributed by atoms with Crippen molar-refractivity contribution in [1.29, 1.82) is 0 Å². The Kier molecular flexibility index (Phi) is 7.10. The highest BCUT2D eigenvalue weighted by Gasteiger charge is 2.28. The summed E-state index contributed by atoms with van der Waals surface area (Å²) in [7, 11) is -3.51. The van der Waals surface area contributed by atoms with E-state index < -0.39 is 10.0 Å². The molecular formula is C21H28N2O4S2. The van der Waals surface area contributed by atoms with E-state index in [1.165, 1.54) is 9.87 Å². The molecule has 8 heteroatoms. The number of carbonyl (C=O) groups excluding carboxylic acids is 1. The number of nitrogens with zero attached hydrogens (tertiary/aromatic N) is 1. The van der Waals surface area contributed by atoms with E-state index in [4.69, 9.17) is 4.74 Å². The summed E-state index contributed by atoms with van der Waals surface area (Å²) in [5.74, 6) is 0.346. The van der Waals surface area contributed by atoms with Gasteiger partial charge in [0.15, 0.2) is 0 Å². The number of sulfonamides is 1. The van der Waals surface area contributed by atoms with Gasteiger partial charge in [-0.15, -0.1) is 11.3 Å². The Balaban J connectivity index is 1.59. The molecule has 1 atom stereocenters. The molecule has 0 radical (unpaired) electrons. The van der Waals surface area contributed by atoms with Crippen molar-refractivity contribution in [3.05, 3.63) is 52.4 Å². The predicted octanol–water partition coefficient (Wildman–Crippen LogP) is 3.31. The number of thiophene rings is 1. The van der Waals surface area contributed by atoms with E-state index in [1.54, 1.807) is 12.1 Å². The van der Waals surface area contributed by atoms with Crippen LogP contribution in [0.4, 0.5) is 0 Å². The molecule has 1 saturated heterocycles. The summed E-state index contributed by atoms with van der Waals surface area (Å²) in [5, 5.41) is 3.00. The first-order chi connectivity index (χ1) is 13.8. The Morgan fingerprint density at radius 1 is 1.07 bits per heavy atom. The molecule has 0 aliphatic carbocycles. The summed E-state index contributed by atoms with van der Waals surface area (Å²) in [4.78, 5) is 13.2. The number of benzene rings is 1. The third kappa shape index (κ3) is 5.45. The van der Waals surface area contributed by atoms with Crippen LogP contribution in [0.2, 0.25) is 0 Å². The minimum atomic E-state index is -3.51. The normalized spacial score (nSPS) is 16.7. The summed E-state index contributed by atoms with van der Waals surface area (Å²) in [5.41, 5.74) is 2.31. The molecule has 1 amide bonds. The van der Waals surface area contributed by atoms with Crippen LogP contribution in [0.1, 0.15) is 48.7 Å². The molecule has 1 fully saturated rings. The predicted molar refractivity (Wildman–Crippen MR) is 115 cm³/mol. The smallest absolute Gasteiger partial charge is 0.252 e. The minimum Gasteiger partial charge on any atom is -0.379 e. The molecule has 0 spiro atoms. The fourth-order valence-electron chi connectivity index (χ4n) is 3.21. The van der Waals surface area contributed by atoms with Gasteiger partial charge in [0.2, 0.25) is 5.91 Å². The Labute approximate surface area is 176 Å². The zero-order valence-electron chi connectivity index (χ0n) is 17.1. The number of morpholine rings is 1. The standard InChI is InChI=1S/C21H28N2O4S2/c1-15(2)17-4-6-18(7-5-17)16(3)22-20(24)14-19-8-9-21(28-19)29(25,26)23-10-12-27-13-11-23/h4-9,15-16H,10-14H2,1-3H3,(H,22,24)/t16-/m1/s1. The van der Waals surface area contributed by atoms with E-state index in [0.29, 0.717) is 32.2 Å². The second-order valence-corrected chi connectivity index (χ2v) is 10.9. The van der Waals surface area contributed by atoms with Gasteiger partial charge in [0.1, 0.15) is 4.21 Å². The van der Waals surface area contributed by atoms with E-state index in [1.807, 2.05) is 19.1 Å². The number of amides is 1. The lowest BCUT2D eigenvalue weighted by Crippen LogP contribution is -2.40. The van der Waals surface area contributed by atoms with Gasteiger partial charge < -0.3 is 10.1 Å². The average molecular weight is 437 g/mol. The highest BCUT2D eigenvalue weighted by atomic mass is 32.2. The summed E-state index contributed by atoms with van der Waals surface area (Å²) >= 11 is 1.16. The largest absolute Gasteiger partial charge is 0.379 e. The molecule has 0 saturated carbocycles. The van der Waals surface area contributed by atoms with Crippen molar-refractivity contribution in [2.45, 2.75) is 43.4 Å². The molecule has 1 aliphatic heterocycles. The number of hydrogen-bond acceptors (Lipinski definition) is 5. The molecular weight excluding hydrogens is 408 g/mol. The molecule has 2 heterocycles. The molecule has 1 aromatic heterocycles. The summed E-state index contributed by atoms with van der Waals surface area (Å²) in [6, 6.07) is 11.5. The highest BCUT2D eigenvalue weighted by Crippen LogP contribution is 2.26. The van der Waals surface area contributed by atoms with Gasteiger partial charge in [0, 0.05) is 18.0 Å². The SMILES string of the molecule is CC(C)c1ccc([C@@H](C)NC(=O)Cc2ccc(S(=O)(=O)N3CCOCC3)s2)cc1. The van der Waals surface area contributed by atoms with Crippen LogP contribution < -0.4 is 5.32 Å². The maximum Gasteiger partial charge on any atom is 0.252 e. The van der Waals surface area contributed by atoms with Gasteiger partial charge in [-0.25, -0.2) is 8.42 Å². The zero-order chi connectivity index (χ0) is 21.0. The van der Waals surface area contributed by atoms with Crippen molar-refractivity contribution >= 4 is 27.3 Å². The van der Waals surface area contributed by atoms with Gasteiger partial charge in [0.25, 0.3) is 10.0 Å². The summed E-state index contributed by atoms with van der Waals surface area (Å²) < 4.78 is 32.4. The first-order valence-electron chi connectivity index (χ1n) is 9.83. The van der Waals surface area contributed by atoms with Crippen LogP contribution in [0.15, 0.2) is 40.6 Å². The van der Waals surface area contributed by atoms with Crippen LogP contribution in [0.25, 0.3) is 0 Å². The lowest BCUT2D eigenvalue weighted by atomic mass is 9.99. The van der Waals surface area contributed by atoms with Crippen molar-refractivity contribution in [1.82, 2.24) is 9.62 Å². The Hall–Kier alpha value is -1.74. The van der Waals surface area contributed by atoms with Crippen molar-refractivity contribution in [2.24, 2.45) is 0 Å². The lowest BCUT2D eigenvalue weighted by molar-refractivity contribution is -0.121. The molecule has 1 N–H and O–H groups in total. The molecule has 2 aromatic rings. The maximum absolute atomic E-state index is 12.7. The fraction of sp³-hybridized carbons (Fsp3) is 0.476. The average Bonchev–Trinajstić information content (AvgIpc) is 3.17. The highest BCUT2D eigenvalue weighted by molar-refractivity contribution is 7.91. The quantitative estimate of drug-likeness (QED) is 0.723. The van der Waals surface area contributed by atoms with Gasteiger partial charge in [-0.2, -0.15) is 4.31 Å². The molecule has 29 heavy (non-hydrogen) atoms. The van der Waals surface area contributed by atoms with E-state index in [0.717, 1.165) is 21.8 Å². The van der Waals surface area contributed by atoms with Crippen LogP contribution in [-0.4, -0.2) is 44.9 Å². The van der Waals surface area contributed by atoms with E-state index >= 15 is 0 Å². The molecule has 0 bridgehead atoms. The topological polar surface area (TPSA) is 75.7 Å². The molecule has 1 aromatic carbocycles. The van der Waals surface area contributed by atoms with E-state index in [9.17, 15) is 13.2 Å². The number of carbonyl (C=O) groups is 1. The van der Waals surface area contributed by atoms with Gasteiger partial charge in [-0.1, -0.05) is 38.1 Å². The first kappa shape index (κ1) is 22.0. The number of nitrogens with one attached hydrogen (secondary N) is 1. The minimum absolute atomic E-state index is 0.111. The van der Waals surface area contributed by atoms with Crippen LogP contribution in [0.3, 0.4) is 0 Å². The number of ether oxygens (including phenoxy) is 1. The van der Waals surface area contributed by atoms with Crippen LogP contribution in [0, 0.1) is 0 Å². The van der Waals surface area contributed by atoms with Gasteiger partial charge >= 0.3 is 0 Å². The Morgan fingerprint density at radius 2 is 1.69 bits per heavy atom. The maximum atomic E-state index is 12.7. The van der Waals surface area contributed by atoms with Crippen LogP contribution in [-0.2, 0) is 26.0 Å². The lowest BCUT2D eigenvalue weighted by Gasteiger charge is -2.25. The van der Waals surface area contributed by atoms with Crippen molar-refractivity contribution in [3.63, 3.8) is 0 Å².